The lowest BCUT2D eigenvalue weighted by Crippen LogP contribution is -2.42. The van der Waals surface area contributed by atoms with Crippen LogP contribution in [0, 0.1) is 3.57 Å². The lowest BCUT2D eigenvalue weighted by molar-refractivity contribution is 0.0719. The normalized spacial score (nSPS) is 13.0. The maximum atomic E-state index is 12.4. The van der Waals surface area contributed by atoms with E-state index in [1.54, 1.807) is 30.9 Å². The van der Waals surface area contributed by atoms with Crippen LogP contribution in [0.1, 0.15) is 31.1 Å². The van der Waals surface area contributed by atoms with Gasteiger partial charge in [0.05, 0.1) is 5.75 Å². The van der Waals surface area contributed by atoms with Crippen LogP contribution in [-0.2, 0) is 9.84 Å². The van der Waals surface area contributed by atoms with E-state index in [1.807, 2.05) is 19.1 Å². The van der Waals surface area contributed by atoms with E-state index in [0.29, 0.717) is 12.1 Å². The van der Waals surface area contributed by atoms with Gasteiger partial charge in [-0.25, -0.2) is 8.42 Å². The summed E-state index contributed by atoms with van der Waals surface area (Å²) < 4.78 is 24.4. The van der Waals surface area contributed by atoms with Gasteiger partial charge >= 0.3 is 0 Å². The molecule has 112 valence electrons. The van der Waals surface area contributed by atoms with Gasteiger partial charge in [-0.1, -0.05) is 6.92 Å². The van der Waals surface area contributed by atoms with E-state index in [4.69, 9.17) is 0 Å². The summed E-state index contributed by atoms with van der Waals surface area (Å²) in [7, 11) is -3.09. The first-order valence-corrected chi connectivity index (χ1v) is 9.47. The Balaban J connectivity index is 2.89. The number of amides is 1. The number of nitrogens with zero attached hydrogens (tertiary/aromatic N) is 1. The highest BCUT2D eigenvalue weighted by Crippen LogP contribution is 2.12. The third-order valence-corrected chi connectivity index (χ3v) is 5.75. The Morgan fingerprint density at radius 3 is 2.25 bits per heavy atom. The van der Waals surface area contributed by atoms with Crippen LogP contribution >= 0.6 is 22.6 Å². The number of rotatable bonds is 6. The predicted molar refractivity (Wildman–Crippen MR) is 89.7 cm³/mol. The van der Waals surface area contributed by atoms with Crippen LogP contribution in [0.5, 0.6) is 0 Å². The van der Waals surface area contributed by atoms with Gasteiger partial charge in [-0.2, -0.15) is 0 Å². The van der Waals surface area contributed by atoms with E-state index in [1.165, 1.54) is 0 Å². The molecule has 1 aromatic rings. The Hall–Kier alpha value is -0.630. The fourth-order valence-electron chi connectivity index (χ4n) is 1.99. The summed E-state index contributed by atoms with van der Waals surface area (Å²) in [6.07, 6.45) is 0. The Kier molecular flexibility index (Phi) is 6.44. The lowest BCUT2D eigenvalue weighted by Gasteiger charge is -2.28. The van der Waals surface area contributed by atoms with Crippen LogP contribution in [0.15, 0.2) is 24.3 Å². The number of sulfone groups is 1. The van der Waals surface area contributed by atoms with Crippen LogP contribution in [0.3, 0.4) is 0 Å². The smallest absolute Gasteiger partial charge is 0.254 e. The van der Waals surface area contributed by atoms with Crippen LogP contribution in [0.2, 0.25) is 0 Å². The summed E-state index contributed by atoms with van der Waals surface area (Å²) in [4.78, 5) is 14.0. The molecule has 0 aliphatic rings. The molecule has 0 aromatic heterocycles. The highest BCUT2D eigenvalue weighted by atomic mass is 127. The maximum absolute atomic E-state index is 12.4. The standard InChI is InChI=1S/C14H20INO3S/c1-4-16(11(3)10-20(18,19)5-2)14(17)12-6-8-13(15)9-7-12/h6-9,11H,4-5,10H2,1-3H3/t11-/m1/s1. The molecule has 0 saturated carbocycles. The number of hydrogen-bond donors (Lipinski definition) is 0. The van der Waals surface area contributed by atoms with Crippen molar-refractivity contribution in [2.45, 2.75) is 26.8 Å². The van der Waals surface area contributed by atoms with Crippen molar-refractivity contribution < 1.29 is 13.2 Å². The largest absolute Gasteiger partial charge is 0.335 e. The van der Waals surface area contributed by atoms with E-state index < -0.39 is 9.84 Å². The van der Waals surface area contributed by atoms with E-state index in [9.17, 15) is 13.2 Å². The lowest BCUT2D eigenvalue weighted by atomic mass is 10.2. The number of hydrogen-bond acceptors (Lipinski definition) is 3. The topological polar surface area (TPSA) is 54.5 Å². The minimum atomic E-state index is -3.09. The molecule has 20 heavy (non-hydrogen) atoms. The van der Waals surface area contributed by atoms with Gasteiger partial charge in [0.2, 0.25) is 0 Å². The first-order valence-electron chi connectivity index (χ1n) is 6.57. The summed E-state index contributed by atoms with van der Waals surface area (Å²) in [5.41, 5.74) is 0.591. The van der Waals surface area contributed by atoms with Gasteiger partial charge in [-0.05, 0) is 60.7 Å². The van der Waals surface area contributed by atoms with Crippen LogP contribution in [-0.4, -0.2) is 43.3 Å². The van der Waals surface area contributed by atoms with Crippen molar-refractivity contribution in [1.29, 1.82) is 0 Å². The average Bonchev–Trinajstić information content (AvgIpc) is 2.39. The molecule has 0 unspecified atom stereocenters. The molecule has 1 rings (SSSR count). The fraction of sp³-hybridized carbons (Fsp3) is 0.500. The van der Waals surface area contributed by atoms with Crippen molar-refractivity contribution in [2.75, 3.05) is 18.1 Å². The Labute approximate surface area is 134 Å². The molecule has 0 aliphatic heterocycles. The van der Waals surface area contributed by atoms with Crippen molar-refractivity contribution in [3.8, 4) is 0 Å². The third-order valence-electron chi connectivity index (χ3n) is 3.16. The van der Waals surface area contributed by atoms with Gasteiger partial charge in [0.25, 0.3) is 5.91 Å². The van der Waals surface area contributed by atoms with Gasteiger partial charge in [-0.3, -0.25) is 4.79 Å². The molecule has 0 heterocycles. The SMILES string of the molecule is CCN(C(=O)c1ccc(I)cc1)[C@H](C)CS(=O)(=O)CC. The van der Waals surface area contributed by atoms with Gasteiger partial charge in [0, 0.05) is 27.5 Å². The molecule has 0 fully saturated rings. The molecule has 1 atom stereocenters. The van der Waals surface area contributed by atoms with Gasteiger partial charge in [0.15, 0.2) is 9.84 Å². The molecule has 0 N–H and O–H groups in total. The highest BCUT2D eigenvalue weighted by molar-refractivity contribution is 14.1. The second-order valence-electron chi connectivity index (χ2n) is 4.65. The molecular weight excluding hydrogens is 389 g/mol. The fourth-order valence-corrected chi connectivity index (χ4v) is 3.50. The summed E-state index contributed by atoms with van der Waals surface area (Å²) in [6.45, 7) is 5.76. The van der Waals surface area contributed by atoms with Gasteiger partial charge in [-0.15, -0.1) is 0 Å². The third kappa shape index (κ3) is 4.73. The number of carbonyl (C=O) groups is 1. The Morgan fingerprint density at radius 1 is 1.25 bits per heavy atom. The van der Waals surface area contributed by atoms with Crippen molar-refractivity contribution in [2.24, 2.45) is 0 Å². The second-order valence-corrected chi connectivity index (χ2v) is 8.29. The predicted octanol–water partition coefficient (Wildman–Crippen LogP) is 2.58. The van der Waals surface area contributed by atoms with Crippen LogP contribution in [0.25, 0.3) is 0 Å². The molecule has 6 heteroatoms. The van der Waals surface area contributed by atoms with Crippen molar-refractivity contribution >= 4 is 38.3 Å². The molecule has 1 amide bonds. The molecule has 0 saturated heterocycles. The maximum Gasteiger partial charge on any atom is 0.254 e. The van der Waals surface area contributed by atoms with Crippen LogP contribution in [0.4, 0.5) is 0 Å². The number of carbonyl (C=O) groups excluding carboxylic acids is 1. The van der Waals surface area contributed by atoms with E-state index >= 15 is 0 Å². The second kappa shape index (κ2) is 7.40. The van der Waals surface area contributed by atoms with Crippen molar-refractivity contribution in [3.63, 3.8) is 0 Å². The molecule has 1 aromatic carbocycles. The van der Waals surface area contributed by atoms with Crippen molar-refractivity contribution in [1.82, 2.24) is 4.90 Å². The van der Waals surface area contributed by atoms with E-state index in [-0.39, 0.29) is 23.5 Å². The van der Waals surface area contributed by atoms with Gasteiger partial charge < -0.3 is 4.90 Å². The quantitative estimate of drug-likeness (QED) is 0.679. The summed E-state index contributed by atoms with van der Waals surface area (Å²) in [5.74, 6) is -0.0113. The van der Waals surface area contributed by atoms with Crippen LogP contribution < -0.4 is 0 Å². The zero-order valence-electron chi connectivity index (χ0n) is 12.0. The first-order chi connectivity index (χ1) is 9.30. The minimum Gasteiger partial charge on any atom is -0.335 e. The number of benzene rings is 1. The summed E-state index contributed by atoms with van der Waals surface area (Å²) >= 11 is 2.18. The van der Waals surface area contributed by atoms with E-state index in [2.05, 4.69) is 22.6 Å². The molecule has 0 spiro atoms. The van der Waals surface area contributed by atoms with Gasteiger partial charge in [0.1, 0.15) is 0 Å². The molecule has 0 bridgehead atoms. The minimum absolute atomic E-state index is 0.00739. The zero-order chi connectivity index (χ0) is 15.3. The molecule has 0 aliphatic carbocycles. The first kappa shape index (κ1) is 17.4. The molecule has 0 radical (unpaired) electrons. The number of halogens is 1. The monoisotopic (exact) mass is 409 g/mol. The zero-order valence-corrected chi connectivity index (χ0v) is 14.9. The average molecular weight is 409 g/mol. The van der Waals surface area contributed by atoms with E-state index in [0.717, 1.165) is 3.57 Å². The summed E-state index contributed by atoms with van der Waals surface area (Å²) in [5, 5.41) is 0. The highest BCUT2D eigenvalue weighted by Gasteiger charge is 2.24. The molecular formula is C14H20INO3S. The Morgan fingerprint density at radius 2 is 1.80 bits per heavy atom. The molecule has 4 nitrogen and oxygen atoms in total. The summed E-state index contributed by atoms with van der Waals surface area (Å²) in [6, 6.07) is 6.96. The van der Waals surface area contributed by atoms with Crippen molar-refractivity contribution in [3.05, 3.63) is 33.4 Å². The Bertz CT molecular complexity index is 554.